The van der Waals surface area contributed by atoms with Crippen LogP contribution in [-0.4, -0.2) is 11.0 Å². The highest BCUT2D eigenvalue weighted by molar-refractivity contribution is 5.79. The van der Waals surface area contributed by atoms with Gasteiger partial charge in [-0.1, -0.05) is 50.8 Å². The molecule has 3 aliphatic rings. The number of ether oxygens (including phenoxy) is 1. The number of aryl methyl sites for hydroxylation is 1. The summed E-state index contributed by atoms with van der Waals surface area (Å²) in [5.74, 6) is 2.42. The predicted octanol–water partition coefficient (Wildman–Crippen LogP) is 6.28. The molecular weight excluding hydrogens is 386 g/mol. The lowest BCUT2D eigenvalue weighted by molar-refractivity contribution is -0.124. The highest BCUT2D eigenvalue weighted by Crippen LogP contribution is 2.52. The van der Waals surface area contributed by atoms with Gasteiger partial charge in [0.25, 0.3) is 0 Å². The van der Waals surface area contributed by atoms with Gasteiger partial charge in [-0.15, -0.1) is 0 Å². The lowest BCUT2D eigenvalue weighted by atomic mass is 9.73. The molecule has 168 valence electrons. The molecule has 1 aliphatic heterocycles. The van der Waals surface area contributed by atoms with E-state index in [-0.39, 0.29) is 23.7 Å². The number of amides is 1. The normalized spacial score (nSPS) is 23.0. The summed E-state index contributed by atoms with van der Waals surface area (Å²) in [6.07, 6.45) is 12.8. The standard InChI is InChI=1S/C27H37NO3/c1-4-5-6-11-20-15-24-25(22-14-17(2)12-13-21(22)18(3)31-24)26(29)23(20)16-28-27(30)19-9-7-8-10-19/h14-15,19,21-22,29H,3-13,16H2,1-2H3,(H,28,30). The Kier molecular flexibility index (Phi) is 6.74. The maximum Gasteiger partial charge on any atom is 0.223 e. The number of allylic oxidation sites excluding steroid dienone is 3. The van der Waals surface area contributed by atoms with Gasteiger partial charge in [0, 0.05) is 35.4 Å². The van der Waals surface area contributed by atoms with Gasteiger partial charge in [0.15, 0.2) is 0 Å². The van der Waals surface area contributed by atoms with Crippen LogP contribution in [0.1, 0.15) is 94.2 Å². The van der Waals surface area contributed by atoms with Crippen molar-refractivity contribution in [3.63, 3.8) is 0 Å². The molecule has 0 radical (unpaired) electrons. The lowest BCUT2D eigenvalue weighted by Gasteiger charge is -2.37. The Bertz CT molecular complexity index is 879. The van der Waals surface area contributed by atoms with Crippen molar-refractivity contribution >= 4 is 5.91 Å². The van der Waals surface area contributed by atoms with Crippen LogP contribution >= 0.6 is 0 Å². The number of unbranched alkanes of at least 4 members (excludes halogenated alkanes) is 2. The van der Waals surface area contributed by atoms with E-state index >= 15 is 0 Å². The smallest absolute Gasteiger partial charge is 0.223 e. The Labute approximate surface area is 186 Å². The minimum atomic E-state index is 0.0963. The van der Waals surface area contributed by atoms with Crippen molar-refractivity contribution in [1.29, 1.82) is 0 Å². The number of rotatable bonds is 7. The molecule has 31 heavy (non-hydrogen) atoms. The maximum atomic E-state index is 12.7. The molecule has 0 saturated heterocycles. The summed E-state index contributed by atoms with van der Waals surface area (Å²) >= 11 is 0. The zero-order valence-electron chi connectivity index (χ0n) is 19.1. The van der Waals surface area contributed by atoms with E-state index in [0.29, 0.717) is 12.3 Å². The van der Waals surface area contributed by atoms with Crippen molar-refractivity contribution in [2.24, 2.45) is 11.8 Å². The van der Waals surface area contributed by atoms with Gasteiger partial charge in [-0.3, -0.25) is 4.79 Å². The first kappa shape index (κ1) is 22.0. The number of carbonyl (C=O) groups excluding carboxylic acids is 1. The second-order valence-corrected chi connectivity index (χ2v) is 9.68. The average Bonchev–Trinajstić information content (AvgIpc) is 3.28. The third-order valence-electron chi connectivity index (χ3n) is 7.45. The Morgan fingerprint density at radius 2 is 2.03 bits per heavy atom. The van der Waals surface area contributed by atoms with E-state index in [4.69, 9.17) is 4.74 Å². The van der Waals surface area contributed by atoms with Crippen LogP contribution in [0.2, 0.25) is 0 Å². The van der Waals surface area contributed by atoms with Gasteiger partial charge in [0.2, 0.25) is 5.91 Å². The molecule has 0 bridgehead atoms. The number of carbonyl (C=O) groups is 1. The largest absolute Gasteiger partial charge is 0.507 e. The van der Waals surface area contributed by atoms with Crippen LogP contribution in [0.4, 0.5) is 0 Å². The van der Waals surface area contributed by atoms with Crippen LogP contribution in [0, 0.1) is 11.8 Å². The van der Waals surface area contributed by atoms with Crippen molar-refractivity contribution in [3.8, 4) is 11.5 Å². The van der Waals surface area contributed by atoms with Crippen LogP contribution in [0.5, 0.6) is 11.5 Å². The molecular formula is C27H37NO3. The fraction of sp³-hybridized carbons (Fsp3) is 0.593. The van der Waals surface area contributed by atoms with E-state index in [1.165, 1.54) is 5.57 Å². The van der Waals surface area contributed by atoms with Gasteiger partial charge in [0.1, 0.15) is 17.3 Å². The van der Waals surface area contributed by atoms with Crippen molar-refractivity contribution < 1.29 is 14.6 Å². The van der Waals surface area contributed by atoms with E-state index in [0.717, 1.165) is 92.4 Å². The number of fused-ring (bicyclic) bond motifs is 3. The summed E-state index contributed by atoms with van der Waals surface area (Å²) in [5, 5.41) is 14.6. The molecule has 1 aromatic carbocycles. The highest BCUT2D eigenvalue weighted by Gasteiger charge is 2.38. The molecule has 0 aromatic heterocycles. The highest BCUT2D eigenvalue weighted by atomic mass is 16.5. The zero-order valence-corrected chi connectivity index (χ0v) is 19.1. The van der Waals surface area contributed by atoms with E-state index in [1.807, 2.05) is 0 Å². The predicted molar refractivity (Wildman–Crippen MR) is 124 cm³/mol. The Morgan fingerprint density at radius 1 is 1.26 bits per heavy atom. The van der Waals surface area contributed by atoms with E-state index in [9.17, 15) is 9.90 Å². The van der Waals surface area contributed by atoms with Crippen molar-refractivity contribution in [2.45, 2.75) is 90.5 Å². The molecule has 2 N–H and O–H groups in total. The second kappa shape index (κ2) is 9.50. The molecule has 4 rings (SSSR count). The fourth-order valence-electron chi connectivity index (χ4n) is 5.59. The van der Waals surface area contributed by atoms with E-state index in [1.54, 1.807) is 0 Å². The molecule has 2 aliphatic carbocycles. The van der Waals surface area contributed by atoms with Gasteiger partial charge in [-0.2, -0.15) is 0 Å². The Hall–Kier alpha value is -2.23. The number of phenolic OH excluding ortho intramolecular Hbond substituents is 1. The maximum absolute atomic E-state index is 12.7. The molecule has 1 aromatic rings. The molecule has 4 nitrogen and oxygen atoms in total. The Morgan fingerprint density at radius 3 is 2.77 bits per heavy atom. The fourth-order valence-corrected chi connectivity index (χ4v) is 5.59. The summed E-state index contributed by atoms with van der Waals surface area (Å²) in [5.41, 5.74) is 4.18. The monoisotopic (exact) mass is 423 g/mol. The van der Waals surface area contributed by atoms with Crippen LogP contribution in [0.15, 0.2) is 30.1 Å². The summed E-state index contributed by atoms with van der Waals surface area (Å²) in [7, 11) is 0. The van der Waals surface area contributed by atoms with E-state index < -0.39 is 0 Å². The SMILES string of the molecule is C=C1Oc2cc(CCCCC)c(CNC(=O)C3CCCC3)c(O)c2C2C=C(C)CCC12. The number of nitrogens with one attached hydrogen (secondary N) is 1. The summed E-state index contributed by atoms with van der Waals surface area (Å²) in [4.78, 5) is 12.7. The number of hydrogen-bond acceptors (Lipinski definition) is 3. The first-order chi connectivity index (χ1) is 15.0. The first-order valence-corrected chi connectivity index (χ1v) is 12.2. The van der Waals surface area contributed by atoms with Crippen LogP contribution < -0.4 is 10.1 Å². The second-order valence-electron chi connectivity index (χ2n) is 9.68. The molecule has 2 unspecified atom stereocenters. The first-order valence-electron chi connectivity index (χ1n) is 12.2. The van der Waals surface area contributed by atoms with Gasteiger partial charge >= 0.3 is 0 Å². The molecule has 4 heteroatoms. The van der Waals surface area contributed by atoms with Gasteiger partial charge in [-0.25, -0.2) is 0 Å². The number of benzene rings is 1. The third-order valence-corrected chi connectivity index (χ3v) is 7.45. The molecule has 1 saturated carbocycles. The zero-order chi connectivity index (χ0) is 22.0. The average molecular weight is 424 g/mol. The topological polar surface area (TPSA) is 58.6 Å². The number of phenols is 1. The third kappa shape index (κ3) is 4.53. The number of hydrogen-bond donors (Lipinski definition) is 2. The van der Waals surface area contributed by atoms with Crippen molar-refractivity contribution in [1.82, 2.24) is 5.32 Å². The molecule has 2 atom stereocenters. The molecule has 1 fully saturated rings. The van der Waals surface area contributed by atoms with Gasteiger partial charge in [0.05, 0.1) is 0 Å². The Balaban J connectivity index is 1.68. The summed E-state index contributed by atoms with van der Waals surface area (Å²) in [6.45, 7) is 8.93. The minimum Gasteiger partial charge on any atom is -0.507 e. The van der Waals surface area contributed by atoms with Crippen LogP contribution in [0.25, 0.3) is 0 Å². The van der Waals surface area contributed by atoms with Crippen molar-refractivity contribution in [3.05, 3.63) is 46.7 Å². The molecule has 1 amide bonds. The molecule has 1 heterocycles. The minimum absolute atomic E-state index is 0.0963. The molecule has 0 spiro atoms. The van der Waals surface area contributed by atoms with Crippen LogP contribution in [0.3, 0.4) is 0 Å². The number of aromatic hydroxyl groups is 1. The lowest BCUT2D eigenvalue weighted by Crippen LogP contribution is -2.30. The summed E-state index contributed by atoms with van der Waals surface area (Å²) < 4.78 is 6.16. The van der Waals surface area contributed by atoms with Gasteiger partial charge in [-0.05, 0) is 57.1 Å². The van der Waals surface area contributed by atoms with Gasteiger partial charge < -0.3 is 15.2 Å². The summed E-state index contributed by atoms with van der Waals surface area (Å²) in [6, 6.07) is 2.10. The van der Waals surface area contributed by atoms with Crippen molar-refractivity contribution in [2.75, 3.05) is 0 Å². The van der Waals surface area contributed by atoms with Crippen LogP contribution in [-0.2, 0) is 17.8 Å². The van der Waals surface area contributed by atoms with E-state index in [2.05, 4.69) is 37.9 Å². The quantitative estimate of drug-likeness (QED) is 0.401.